The summed E-state index contributed by atoms with van der Waals surface area (Å²) in [6.07, 6.45) is -2.92. The van der Waals surface area contributed by atoms with Crippen molar-refractivity contribution in [2.24, 2.45) is 4.99 Å². The third-order valence-corrected chi connectivity index (χ3v) is 4.92. The summed E-state index contributed by atoms with van der Waals surface area (Å²) < 4.78 is 39.2. The van der Waals surface area contributed by atoms with Gasteiger partial charge in [0.25, 0.3) is 5.91 Å². The Hall–Kier alpha value is -1.77. The third kappa shape index (κ3) is 3.82. The molecule has 0 saturated carbocycles. The molecule has 1 N–H and O–H groups in total. The first kappa shape index (κ1) is 17.1. The Morgan fingerprint density at radius 2 is 2.04 bits per heavy atom. The smallest absolute Gasteiger partial charge is 0.300 e. The third-order valence-electron chi connectivity index (χ3n) is 2.95. The van der Waals surface area contributed by atoms with Gasteiger partial charge in [0.05, 0.1) is 16.2 Å². The zero-order chi connectivity index (χ0) is 17.3. The van der Waals surface area contributed by atoms with Gasteiger partial charge in [0.15, 0.2) is 5.17 Å². The SMILES string of the molecule is O=C1NC(=Nc2ccc(Cl)cc2C(F)(F)F)SC1=Cc1cccs1. The highest BCUT2D eigenvalue weighted by atomic mass is 35.5. The van der Waals surface area contributed by atoms with Crippen LogP contribution < -0.4 is 5.32 Å². The lowest BCUT2D eigenvalue weighted by atomic mass is 10.2. The summed E-state index contributed by atoms with van der Waals surface area (Å²) in [6, 6.07) is 6.98. The van der Waals surface area contributed by atoms with Gasteiger partial charge in [0.2, 0.25) is 0 Å². The van der Waals surface area contributed by atoms with Gasteiger partial charge >= 0.3 is 6.18 Å². The van der Waals surface area contributed by atoms with E-state index in [1.54, 1.807) is 6.08 Å². The highest BCUT2D eigenvalue weighted by Crippen LogP contribution is 2.39. The molecule has 1 amide bonds. The topological polar surface area (TPSA) is 41.5 Å². The fourth-order valence-electron chi connectivity index (χ4n) is 1.93. The largest absolute Gasteiger partial charge is 0.418 e. The molecule has 0 unspecified atom stereocenters. The van der Waals surface area contributed by atoms with Gasteiger partial charge in [-0.1, -0.05) is 17.7 Å². The number of nitrogens with zero attached hydrogens (tertiary/aromatic N) is 1. The van der Waals surface area contributed by atoms with Crippen LogP contribution in [0.2, 0.25) is 5.02 Å². The minimum Gasteiger partial charge on any atom is -0.300 e. The number of thiophene rings is 1. The van der Waals surface area contributed by atoms with Crippen LogP contribution in [0.4, 0.5) is 18.9 Å². The molecule has 2 heterocycles. The van der Waals surface area contributed by atoms with E-state index in [-0.39, 0.29) is 15.9 Å². The average Bonchev–Trinajstić information content (AvgIpc) is 3.11. The summed E-state index contributed by atoms with van der Waals surface area (Å²) in [5.74, 6) is -0.394. The molecule has 0 aliphatic carbocycles. The molecule has 24 heavy (non-hydrogen) atoms. The Morgan fingerprint density at radius 1 is 1.25 bits per heavy atom. The van der Waals surface area contributed by atoms with Gasteiger partial charge in [-0.25, -0.2) is 4.99 Å². The van der Waals surface area contributed by atoms with Gasteiger partial charge in [0.1, 0.15) is 0 Å². The van der Waals surface area contributed by atoms with Gasteiger partial charge < -0.3 is 5.32 Å². The predicted molar refractivity (Wildman–Crippen MR) is 91.6 cm³/mol. The predicted octanol–water partition coefficient (Wildman–Crippen LogP) is 5.31. The van der Waals surface area contributed by atoms with Crippen LogP contribution in [0.5, 0.6) is 0 Å². The molecule has 0 atom stereocenters. The highest BCUT2D eigenvalue weighted by Gasteiger charge is 2.34. The van der Waals surface area contributed by atoms with Gasteiger partial charge in [-0.05, 0) is 47.5 Å². The minimum atomic E-state index is -4.59. The van der Waals surface area contributed by atoms with E-state index in [2.05, 4.69) is 10.3 Å². The molecule has 1 aliphatic heterocycles. The molecule has 1 aromatic heterocycles. The number of aliphatic imine (C=N–C) groups is 1. The fourth-order valence-corrected chi connectivity index (χ4v) is 3.65. The van der Waals surface area contributed by atoms with Crippen molar-refractivity contribution in [3.63, 3.8) is 0 Å². The van der Waals surface area contributed by atoms with Crippen LogP contribution in [-0.2, 0) is 11.0 Å². The van der Waals surface area contributed by atoms with Crippen LogP contribution >= 0.6 is 34.7 Å². The molecule has 1 aliphatic rings. The molecule has 0 spiro atoms. The van der Waals surface area contributed by atoms with Gasteiger partial charge in [-0.15, -0.1) is 11.3 Å². The van der Waals surface area contributed by atoms with Crippen LogP contribution in [0.3, 0.4) is 0 Å². The number of carbonyl (C=O) groups is 1. The highest BCUT2D eigenvalue weighted by molar-refractivity contribution is 8.18. The van der Waals surface area contributed by atoms with Crippen LogP contribution in [0.1, 0.15) is 10.4 Å². The number of rotatable bonds is 2. The van der Waals surface area contributed by atoms with E-state index in [0.717, 1.165) is 22.7 Å². The Labute approximate surface area is 148 Å². The number of hydrogen-bond acceptors (Lipinski definition) is 4. The van der Waals surface area contributed by atoms with Crippen molar-refractivity contribution in [2.75, 3.05) is 0 Å². The Morgan fingerprint density at radius 3 is 2.71 bits per heavy atom. The number of amides is 1. The van der Waals surface area contributed by atoms with Crippen LogP contribution in [0.25, 0.3) is 6.08 Å². The number of hydrogen-bond donors (Lipinski definition) is 1. The molecule has 1 aromatic carbocycles. The van der Waals surface area contributed by atoms with E-state index in [1.807, 2.05) is 17.5 Å². The normalized spacial score (nSPS) is 18.4. The summed E-state index contributed by atoms with van der Waals surface area (Å²) in [5.41, 5.74) is -1.25. The number of carbonyl (C=O) groups excluding carboxylic acids is 1. The lowest BCUT2D eigenvalue weighted by Crippen LogP contribution is -2.19. The maximum Gasteiger partial charge on any atom is 0.418 e. The molecular formula is C15H8ClF3N2OS2. The average molecular weight is 389 g/mol. The Kier molecular flexibility index (Phi) is 4.71. The fraction of sp³-hybridized carbons (Fsp3) is 0.0667. The molecule has 9 heteroatoms. The summed E-state index contributed by atoms with van der Waals surface area (Å²) >= 11 is 8.08. The van der Waals surface area contributed by atoms with Gasteiger partial charge in [0, 0.05) is 9.90 Å². The zero-order valence-electron chi connectivity index (χ0n) is 11.7. The maximum atomic E-state index is 13.1. The molecule has 3 nitrogen and oxygen atoms in total. The summed E-state index contributed by atoms with van der Waals surface area (Å²) in [7, 11) is 0. The van der Waals surface area contributed by atoms with Gasteiger partial charge in [-0.2, -0.15) is 13.2 Å². The lowest BCUT2D eigenvalue weighted by Gasteiger charge is -2.10. The van der Waals surface area contributed by atoms with E-state index in [9.17, 15) is 18.0 Å². The zero-order valence-corrected chi connectivity index (χ0v) is 14.1. The summed E-state index contributed by atoms with van der Waals surface area (Å²) in [4.78, 5) is 17.1. The molecular weight excluding hydrogens is 381 g/mol. The quantitative estimate of drug-likeness (QED) is 0.708. The lowest BCUT2D eigenvalue weighted by molar-refractivity contribution is -0.137. The van der Waals surface area contributed by atoms with Gasteiger partial charge in [-0.3, -0.25) is 4.79 Å². The van der Waals surface area contributed by atoms with Crippen molar-refractivity contribution in [3.8, 4) is 0 Å². The van der Waals surface area contributed by atoms with Crippen LogP contribution in [-0.4, -0.2) is 11.1 Å². The van der Waals surface area contributed by atoms with Crippen LogP contribution in [0.15, 0.2) is 45.6 Å². The monoisotopic (exact) mass is 388 g/mol. The second-order valence-corrected chi connectivity index (χ2v) is 7.10. The number of thioether (sulfide) groups is 1. The molecule has 0 bridgehead atoms. The van der Waals surface area contributed by atoms with Crippen molar-refractivity contribution >= 4 is 57.5 Å². The van der Waals surface area contributed by atoms with E-state index < -0.39 is 17.6 Å². The van der Waals surface area contributed by atoms with Crippen molar-refractivity contribution < 1.29 is 18.0 Å². The molecule has 2 aromatic rings. The van der Waals surface area contributed by atoms with Crippen molar-refractivity contribution in [2.45, 2.75) is 6.18 Å². The van der Waals surface area contributed by atoms with Crippen molar-refractivity contribution in [1.29, 1.82) is 0 Å². The van der Waals surface area contributed by atoms with Crippen LogP contribution in [0, 0.1) is 0 Å². The molecule has 3 rings (SSSR count). The molecule has 1 fully saturated rings. The maximum absolute atomic E-state index is 13.1. The Bertz CT molecular complexity index is 845. The first-order chi connectivity index (χ1) is 11.3. The number of halogens is 4. The second-order valence-electron chi connectivity index (χ2n) is 4.66. The summed E-state index contributed by atoms with van der Waals surface area (Å²) in [6.45, 7) is 0. The molecule has 0 radical (unpaired) electrons. The number of nitrogens with one attached hydrogen (secondary N) is 1. The van der Waals surface area contributed by atoms with E-state index in [0.29, 0.717) is 4.91 Å². The molecule has 1 saturated heterocycles. The minimum absolute atomic E-state index is 0.0346. The summed E-state index contributed by atoms with van der Waals surface area (Å²) in [5, 5.41) is 4.39. The molecule has 124 valence electrons. The van der Waals surface area contributed by atoms with Crippen molar-refractivity contribution in [3.05, 3.63) is 56.1 Å². The standard InChI is InChI=1S/C15H8ClF3N2OS2/c16-8-3-4-11(10(6-8)15(17,18)19)20-14-21-13(22)12(24-14)7-9-2-1-5-23-9/h1-7H,(H,20,21,22). The first-order valence-electron chi connectivity index (χ1n) is 6.53. The van der Waals surface area contributed by atoms with E-state index in [1.165, 1.54) is 23.5 Å². The number of alkyl halides is 3. The second kappa shape index (κ2) is 6.62. The number of benzene rings is 1. The van der Waals surface area contributed by atoms with Crippen molar-refractivity contribution in [1.82, 2.24) is 5.32 Å². The Balaban J connectivity index is 1.92. The number of amidine groups is 1. The first-order valence-corrected chi connectivity index (χ1v) is 8.60. The van der Waals surface area contributed by atoms with E-state index in [4.69, 9.17) is 11.6 Å². The van der Waals surface area contributed by atoms with E-state index >= 15 is 0 Å².